The molecule has 160 valence electrons. The van der Waals surface area contributed by atoms with Gasteiger partial charge in [0.25, 0.3) is 0 Å². The third kappa shape index (κ3) is 5.01. The lowest BCUT2D eigenvalue weighted by molar-refractivity contribution is -0.137. The first-order chi connectivity index (χ1) is 14.2. The third-order valence-corrected chi connectivity index (χ3v) is 5.44. The summed E-state index contributed by atoms with van der Waals surface area (Å²) >= 11 is 0. The molecule has 0 N–H and O–H groups in total. The predicted octanol–water partition coefficient (Wildman–Crippen LogP) is 5.82. The van der Waals surface area contributed by atoms with Gasteiger partial charge in [0.1, 0.15) is 12.4 Å². The maximum atomic E-state index is 12.8. The van der Waals surface area contributed by atoms with Crippen LogP contribution in [0.2, 0.25) is 0 Å². The number of nitrogens with zero attached hydrogens (tertiary/aromatic N) is 2. The van der Waals surface area contributed by atoms with E-state index in [4.69, 9.17) is 9.73 Å². The van der Waals surface area contributed by atoms with E-state index in [-0.39, 0.29) is 12.2 Å². The van der Waals surface area contributed by atoms with Gasteiger partial charge in [-0.05, 0) is 67.6 Å². The molecule has 0 saturated carbocycles. The molecule has 1 saturated heterocycles. The van der Waals surface area contributed by atoms with Gasteiger partial charge in [0.05, 0.1) is 16.8 Å². The summed E-state index contributed by atoms with van der Waals surface area (Å²) in [6.45, 7) is 4.48. The first kappa shape index (κ1) is 21.9. The zero-order valence-corrected chi connectivity index (χ0v) is 17.3. The fourth-order valence-corrected chi connectivity index (χ4v) is 3.45. The number of aliphatic imine (C=N–C) groups is 1. The molecule has 1 heterocycles. The van der Waals surface area contributed by atoms with E-state index in [1.807, 2.05) is 20.9 Å². The van der Waals surface area contributed by atoms with E-state index in [2.05, 4.69) is 4.90 Å². The van der Waals surface area contributed by atoms with Crippen LogP contribution < -0.4 is 0 Å². The first-order valence-electron chi connectivity index (χ1n) is 9.89. The molecule has 0 spiro atoms. The second-order valence-electron chi connectivity index (χ2n) is 7.56. The SMILES string of the molecule is Cc1c(N=C2CCCCN2C)ccc(C(=O)OCc2cccc(C(F)(F)F)c2)c1C. The second-order valence-corrected chi connectivity index (χ2v) is 7.56. The molecule has 0 aliphatic carbocycles. The smallest absolute Gasteiger partial charge is 0.416 e. The van der Waals surface area contributed by atoms with Crippen LogP contribution in [0.25, 0.3) is 0 Å². The van der Waals surface area contributed by atoms with Crippen LogP contribution in [0.15, 0.2) is 41.4 Å². The molecule has 2 aromatic rings. The van der Waals surface area contributed by atoms with Crippen molar-refractivity contribution in [3.05, 3.63) is 64.2 Å². The Morgan fingerprint density at radius 3 is 2.60 bits per heavy atom. The second kappa shape index (κ2) is 8.90. The number of benzene rings is 2. The fraction of sp³-hybridized carbons (Fsp3) is 0.391. The summed E-state index contributed by atoms with van der Waals surface area (Å²) in [5.41, 5.74) is 2.36. The molecule has 7 heteroatoms. The van der Waals surface area contributed by atoms with Crippen LogP contribution in [-0.4, -0.2) is 30.3 Å². The summed E-state index contributed by atoms with van der Waals surface area (Å²) in [7, 11) is 2.03. The molecule has 0 amide bonds. The summed E-state index contributed by atoms with van der Waals surface area (Å²) in [5.74, 6) is 0.464. The highest BCUT2D eigenvalue weighted by Gasteiger charge is 2.30. The zero-order valence-electron chi connectivity index (χ0n) is 17.3. The molecule has 0 unspecified atom stereocenters. The molecule has 30 heavy (non-hydrogen) atoms. The minimum atomic E-state index is -4.43. The summed E-state index contributed by atoms with van der Waals surface area (Å²) in [4.78, 5) is 19.5. The van der Waals surface area contributed by atoms with Crippen molar-refractivity contribution in [2.75, 3.05) is 13.6 Å². The maximum absolute atomic E-state index is 12.8. The Kier molecular flexibility index (Phi) is 6.48. The summed E-state index contributed by atoms with van der Waals surface area (Å²) < 4.78 is 43.8. The highest BCUT2D eigenvalue weighted by Crippen LogP contribution is 2.30. The van der Waals surface area contributed by atoms with E-state index >= 15 is 0 Å². The zero-order chi connectivity index (χ0) is 21.9. The van der Waals surface area contributed by atoms with E-state index < -0.39 is 17.7 Å². The van der Waals surface area contributed by atoms with Crippen LogP contribution in [0, 0.1) is 13.8 Å². The lowest BCUT2D eigenvalue weighted by atomic mass is 10.0. The highest BCUT2D eigenvalue weighted by molar-refractivity contribution is 5.93. The van der Waals surface area contributed by atoms with Gasteiger partial charge in [0.2, 0.25) is 0 Å². The van der Waals surface area contributed by atoms with Crippen LogP contribution in [0.5, 0.6) is 0 Å². The van der Waals surface area contributed by atoms with E-state index in [1.165, 1.54) is 12.1 Å². The van der Waals surface area contributed by atoms with Crippen molar-refractivity contribution in [2.45, 2.75) is 45.9 Å². The Labute approximate surface area is 174 Å². The largest absolute Gasteiger partial charge is 0.457 e. The first-order valence-corrected chi connectivity index (χ1v) is 9.89. The van der Waals surface area contributed by atoms with E-state index in [1.54, 1.807) is 12.1 Å². The number of carbonyl (C=O) groups is 1. The normalized spacial score (nSPS) is 16.1. The summed E-state index contributed by atoms with van der Waals surface area (Å²) in [6.07, 6.45) is -1.24. The molecule has 4 nitrogen and oxygen atoms in total. The average Bonchev–Trinajstić information content (AvgIpc) is 2.71. The van der Waals surface area contributed by atoms with Gasteiger partial charge >= 0.3 is 12.1 Å². The van der Waals surface area contributed by atoms with Crippen LogP contribution in [-0.2, 0) is 17.5 Å². The molecule has 0 aromatic heterocycles. The standard InChI is InChI=1S/C23H25F3N2O2/c1-15-16(2)20(27-21-9-4-5-12-28(21)3)11-10-19(15)22(29)30-14-17-7-6-8-18(13-17)23(24,25)26/h6-8,10-11,13H,4-5,9,12,14H2,1-3H3. The van der Waals surface area contributed by atoms with E-state index in [0.717, 1.165) is 60.6 Å². The monoisotopic (exact) mass is 418 g/mol. The van der Waals surface area contributed by atoms with Gasteiger partial charge in [-0.15, -0.1) is 0 Å². The van der Waals surface area contributed by atoms with Crippen molar-refractivity contribution in [3.63, 3.8) is 0 Å². The fourth-order valence-electron chi connectivity index (χ4n) is 3.45. The Bertz CT molecular complexity index is 967. The van der Waals surface area contributed by atoms with Gasteiger partial charge in [-0.2, -0.15) is 13.2 Å². The number of hydrogen-bond acceptors (Lipinski definition) is 3. The van der Waals surface area contributed by atoms with Crippen molar-refractivity contribution in [1.82, 2.24) is 4.90 Å². The maximum Gasteiger partial charge on any atom is 0.416 e. The van der Waals surface area contributed by atoms with Gasteiger partial charge in [0, 0.05) is 20.0 Å². The van der Waals surface area contributed by atoms with Crippen molar-refractivity contribution in [1.29, 1.82) is 0 Å². The molecule has 2 aromatic carbocycles. The van der Waals surface area contributed by atoms with Crippen LogP contribution >= 0.6 is 0 Å². The number of esters is 1. The molecule has 0 bridgehead atoms. The molecular weight excluding hydrogens is 393 g/mol. The van der Waals surface area contributed by atoms with Crippen molar-refractivity contribution in [3.8, 4) is 0 Å². The Morgan fingerprint density at radius 2 is 1.90 bits per heavy atom. The van der Waals surface area contributed by atoms with Crippen molar-refractivity contribution in [2.24, 2.45) is 4.99 Å². The van der Waals surface area contributed by atoms with Gasteiger partial charge < -0.3 is 9.64 Å². The lowest BCUT2D eigenvalue weighted by Crippen LogP contribution is -2.31. The number of rotatable bonds is 4. The Balaban J connectivity index is 1.74. The van der Waals surface area contributed by atoms with Crippen LogP contribution in [0.4, 0.5) is 18.9 Å². The number of piperidine rings is 1. The highest BCUT2D eigenvalue weighted by atomic mass is 19.4. The topological polar surface area (TPSA) is 41.9 Å². The van der Waals surface area contributed by atoms with Gasteiger partial charge in [-0.1, -0.05) is 12.1 Å². The number of amidine groups is 1. The lowest BCUT2D eigenvalue weighted by Gasteiger charge is -2.26. The minimum absolute atomic E-state index is 0.226. The van der Waals surface area contributed by atoms with E-state index in [0.29, 0.717) is 5.56 Å². The van der Waals surface area contributed by atoms with Crippen molar-refractivity contribution < 1.29 is 22.7 Å². The molecule has 1 aliphatic rings. The summed E-state index contributed by atoms with van der Waals surface area (Å²) in [5, 5.41) is 0. The Hall–Kier alpha value is -2.83. The molecular formula is C23H25F3N2O2. The number of alkyl halides is 3. The number of likely N-dealkylation sites (tertiary alicyclic amines) is 1. The minimum Gasteiger partial charge on any atom is -0.457 e. The van der Waals surface area contributed by atoms with Crippen molar-refractivity contribution >= 4 is 17.5 Å². The van der Waals surface area contributed by atoms with Gasteiger partial charge in [-0.25, -0.2) is 9.79 Å². The summed E-state index contributed by atoms with van der Waals surface area (Å²) in [6, 6.07) is 8.24. The van der Waals surface area contributed by atoms with Crippen LogP contribution in [0.3, 0.4) is 0 Å². The number of halogens is 3. The molecule has 0 atom stereocenters. The Morgan fingerprint density at radius 1 is 1.13 bits per heavy atom. The molecule has 0 radical (unpaired) electrons. The molecule has 1 fully saturated rings. The average molecular weight is 418 g/mol. The number of ether oxygens (including phenoxy) is 1. The number of carbonyl (C=O) groups excluding carboxylic acids is 1. The van der Waals surface area contributed by atoms with Gasteiger partial charge in [0.15, 0.2) is 0 Å². The quantitative estimate of drug-likeness (QED) is 0.587. The van der Waals surface area contributed by atoms with Crippen LogP contribution in [0.1, 0.15) is 51.9 Å². The molecule has 3 rings (SSSR count). The molecule has 1 aliphatic heterocycles. The third-order valence-electron chi connectivity index (χ3n) is 5.44. The number of hydrogen-bond donors (Lipinski definition) is 0. The van der Waals surface area contributed by atoms with Gasteiger partial charge in [-0.3, -0.25) is 0 Å². The van der Waals surface area contributed by atoms with E-state index in [9.17, 15) is 18.0 Å². The predicted molar refractivity (Wildman–Crippen MR) is 110 cm³/mol.